The number of nitrogens with zero attached hydrogens (tertiary/aromatic N) is 6. The van der Waals surface area contributed by atoms with E-state index in [1.807, 2.05) is 28.0 Å². The summed E-state index contributed by atoms with van der Waals surface area (Å²) in [5.41, 5.74) is 3.95. The van der Waals surface area contributed by atoms with Crippen molar-refractivity contribution < 1.29 is 23.2 Å². The maximum Gasteiger partial charge on any atom is 0.329 e. The third-order valence-corrected chi connectivity index (χ3v) is 14.7. The number of alkyl halides is 2. The van der Waals surface area contributed by atoms with Gasteiger partial charge in [-0.15, -0.1) is 0 Å². The second-order valence-corrected chi connectivity index (χ2v) is 18.9. The molecule has 3 aromatic rings. The molecule has 5 aliphatic heterocycles. The first-order valence-corrected chi connectivity index (χ1v) is 24.0. The number of nitrogens with one attached hydrogen (secondary N) is 5. The van der Waals surface area contributed by atoms with Gasteiger partial charge in [0.15, 0.2) is 0 Å². The van der Waals surface area contributed by atoms with Crippen LogP contribution in [0.3, 0.4) is 0 Å². The van der Waals surface area contributed by atoms with Gasteiger partial charge in [-0.3, -0.25) is 34.2 Å². The Morgan fingerprint density at radius 1 is 0.940 bits per heavy atom. The van der Waals surface area contributed by atoms with Crippen LogP contribution in [0.2, 0.25) is 0 Å². The van der Waals surface area contributed by atoms with E-state index in [0.717, 1.165) is 102 Å². The Hall–Kier alpha value is -5.70. The first kappa shape index (κ1) is 47.8. The van der Waals surface area contributed by atoms with Crippen molar-refractivity contribution in [3.05, 3.63) is 69.3 Å². The van der Waals surface area contributed by atoms with E-state index in [0.29, 0.717) is 72.1 Å². The second kappa shape index (κ2) is 21.1. The number of piperidine rings is 4. The molecule has 5 aliphatic rings. The number of hydrogen-bond donors (Lipinski definition) is 5. The van der Waals surface area contributed by atoms with E-state index in [4.69, 9.17) is 5.41 Å². The lowest BCUT2D eigenvalue weighted by atomic mass is 9.86. The first-order valence-electron chi connectivity index (χ1n) is 24.0. The lowest BCUT2D eigenvalue weighted by Crippen LogP contribution is -2.59. The van der Waals surface area contributed by atoms with E-state index in [9.17, 15) is 33.4 Å². The Morgan fingerprint density at radius 2 is 1.67 bits per heavy atom. The quantitative estimate of drug-likeness (QED) is 0.0751. The summed E-state index contributed by atoms with van der Waals surface area (Å²) in [6, 6.07) is 8.48. The number of aromatic nitrogens is 2. The molecule has 15 nitrogen and oxygen atoms in total. The molecule has 358 valence electrons. The molecule has 6 heterocycles. The number of amides is 3. The number of aryl methyl sites for hydroxylation is 2. The van der Waals surface area contributed by atoms with Gasteiger partial charge in [-0.05, 0) is 139 Å². The van der Waals surface area contributed by atoms with Crippen LogP contribution in [0.25, 0.3) is 16.6 Å². The zero-order chi connectivity index (χ0) is 47.4. The lowest BCUT2D eigenvalue weighted by Gasteiger charge is -2.45. The molecule has 0 radical (unpaired) electrons. The highest BCUT2D eigenvalue weighted by atomic mass is 19.3. The van der Waals surface area contributed by atoms with Crippen LogP contribution in [0.4, 0.5) is 14.5 Å². The molecule has 1 aromatic heterocycles. The summed E-state index contributed by atoms with van der Waals surface area (Å²) >= 11 is 0. The molecule has 2 aromatic carbocycles. The summed E-state index contributed by atoms with van der Waals surface area (Å²) in [5.74, 6) is 6.40. The Morgan fingerprint density at radius 3 is 2.34 bits per heavy atom. The van der Waals surface area contributed by atoms with Gasteiger partial charge in [-0.25, -0.2) is 13.6 Å². The molecular weight excluding hydrogens is 857 g/mol. The number of benzene rings is 2. The van der Waals surface area contributed by atoms with Gasteiger partial charge < -0.3 is 35.6 Å². The number of hydrogen-bond acceptors (Lipinski definition) is 10. The summed E-state index contributed by atoms with van der Waals surface area (Å²) < 4.78 is 32.2. The van der Waals surface area contributed by atoms with Crippen LogP contribution < -0.4 is 26.5 Å². The Labute approximate surface area is 391 Å². The highest BCUT2D eigenvalue weighted by molar-refractivity contribution is 6.09. The predicted octanol–water partition coefficient (Wildman–Crippen LogP) is 4.64. The number of carbonyl (C=O) groups excluding carboxylic acids is 3. The van der Waals surface area contributed by atoms with Crippen LogP contribution in [-0.2, 0) is 27.9 Å². The van der Waals surface area contributed by atoms with Crippen LogP contribution in [-0.4, -0.2) is 132 Å². The van der Waals surface area contributed by atoms with E-state index < -0.39 is 18.4 Å². The smallest absolute Gasteiger partial charge is 0.329 e. The fraction of sp³-hybridized carbons (Fsp3) is 0.560. The number of allylic oxidation sites excluding steroid dienone is 1. The number of imidazole rings is 1. The third kappa shape index (κ3) is 10.6. The molecule has 0 bridgehead atoms. The molecule has 3 atom stereocenters. The highest BCUT2D eigenvalue weighted by Gasteiger charge is 2.39. The molecule has 3 amide bonds. The highest BCUT2D eigenvalue weighted by Crippen LogP contribution is 2.38. The number of carbonyl (C=O) groups is 3. The minimum absolute atomic E-state index is 0.0202. The van der Waals surface area contributed by atoms with Crippen molar-refractivity contribution in [3.8, 4) is 11.8 Å². The van der Waals surface area contributed by atoms with Crippen LogP contribution in [0.15, 0.2) is 41.3 Å². The van der Waals surface area contributed by atoms with E-state index in [-0.39, 0.29) is 47.5 Å². The molecule has 4 saturated heterocycles. The maximum atomic E-state index is 14.6. The maximum absolute atomic E-state index is 14.6. The van der Waals surface area contributed by atoms with Crippen LogP contribution in [0.5, 0.6) is 0 Å². The average molecular weight is 922 g/mol. The number of rotatable bonds is 12. The van der Waals surface area contributed by atoms with Gasteiger partial charge in [-0.2, -0.15) is 0 Å². The molecular formula is C50H65F2N11O4. The topological polar surface area (TPSA) is 175 Å². The van der Waals surface area contributed by atoms with Gasteiger partial charge in [0.25, 0.3) is 6.43 Å². The average Bonchev–Trinajstić information content (AvgIpc) is 3.57. The Kier molecular flexibility index (Phi) is 15.0. The summed E-state index contributed by atoms with van der Waals surface area (Å²) in [6.45, 7) is 9.20. The van der Waals surface area contributed by atoms with Gasteiger partial charge in [0.2, 0.25) is 17.7 Å². The number of likely N-dealkylation sites (tertiary alicyclic amines) is 3. The van der Waals surface area contributed by atoms with Crippen LogP contribution >= 0.6 is 0 Å². The fourth-order valence-electron chi connectivity index (χ4n) is 10.9. The van der Waals surface area contributed by atoms with E-state index >= 15 is 0 Å². The third-order valence-electron chi connectivity index (χ3n) is 14.7. The predicted molar refractivity (Wildman–Crippen MR) is 257 cm³/mol. The monoisotopic (exact) mass is 922 g/mol. The van der Waals surface area contributed by atoms with Crippen molar-refractivity contribution in [2.24, 2.45) is 18.9 Å². The number of amidine groups is 1. The van der Waals surface area contributed by atoms with Crippen molar-refractivity contribution in [2.75, 3.05) is 70.9 Å². The summed E-state index contributed by atoms with van der Waals surface area (Å²) in [7, 11) is 3.37. The molecule has 5 N–H and O–H groups in total. The molecule has 8 rings (SSSR count). The second-order valence-electron chi connectivity index (χ2n) is 18.9. The molecule has 67 heavy (non-hydrogen) atoms. The van der Waals surface area contributed by atoms with Gasteiger partial charge in [0.05, 0.1) is 11.0 Å². The van der Waals surface area contributed by atoms with Gasteiger partial charge in [0.1, 0.15) is 11.9 Å². The van der Waals surface area contributed by atoms with Crippen molar-refractivity contribution in [1.29, 1.82) is 10.8 Å². The lowest BCUT2D eigenvalue weighted by molar-refractivity contribution is -0.136. The summed E-state index contributed by atoms with van der Waals surface area (Å²) in [5, 5.41) is 26.6. The molecule has 0 saturated carbocycles. The minimum atomic E-state index is -2.75. The van der Waals surface area contributed by atoms with Gasteiger partial charge in [0, 0.05) is 106 Å². The van der Waals surface area contributed by atoms with E-state index in [1.54, 1.807) is 37.9 Å². The SMILES string of the molecule is CN/C=C(\C=N)c1cc2c(cc1C(F)F)N(C(=N)C1CN(C(C)=O)CCC1NC1CCN(CCCN3CCC(C#Cc4ccc5c(c4)n(C)c(=O)n5C4CCC(=O)NC4=O)CC3)CC1)CCC2. The molecule has 4 fully saturated rings. The number of fused-ring (bicyclic) bond motifs is 2. The van der Waals surface area contributed by atoms with Crippen molar-refractivity contribution in [1.82, 2.24) is 39.8 Å². The van der Waals surface area contributed by atoms with Crippen molar-refractivity contribution in [3.63, 3.8) is 0 Å². The summed E-state index contributed by atoms with van der Waals surface area (Å²) in [4.78, 5) is 58.8. The largest absolute Gasteiger partial charge is 0.393 e. The molecule has 0 spiro atoms. The van der Waals surface area contributed by atoms with Crippen LogP contribution in [0, 0.1) is 34.5 Å². The number of imide groups is 1. The molecule has 3 unspecified atom stereocenters. The van der Waals surface area contributed by atoms with Crippen molar-refractivity contribution >= 4 is 52.1 Å². The number of anilines is 1. The molecule has 0 aliphatic carbocycles. The normalized spacial score (nSPS) is 22.7. The van der Waals surface area contributed by atoms with Gasteiger partial charge >= 0.3 is 5.69 Å². The molecule has 17 heteroatoms. The van der Waals surface area contributed by atoms with Crippen LogP contribution in [0.1, 0.15) is 99.4 Å². The van der Waals surface area contributed by atoms with Gasteiger partial charge in [-0.1, -0.05) is 11.8 Å². The van der Waals surface area contributed by atoms with E-state index in [2.05, 4.69) is 37.6 Å². The first-order chi connectivity index (χ1) is 32.3. The standard InChI is InChI=1S/C50H65F2N11O4/c1-32(64)61-25-17-41(40(31-61)48(54)62-20-4-6-35-27-38(36(29-53)30-55-2)39(47(51)52)28-44(35)62)56-37-15-23-60(24-16-37)19-5-18-59-21-13-33(14-22-59)7-8-34-9-10-42-45(26-34)58(3)50(67)63(42)43-11-12-46(65)57-49(43)66/h9-10,26-30,33,37,40-41,43,47,53-56H,4-6,11-25,31H2,1-3H3,(H,57,65,66)/b36-30+,53-29?,54-48?. The minimum Gasteiger partial charge on any atom is -0.393 e. The van der Waals surface area contributed by atoms with E-state index in [1.165, 1.54) is 10.6 Å². The summed E-state index contributed by atoms with van der Waals surface area (Å²) in [6.07, 6.45) is 7.65. The van der Waals surface area contributed by atoms with Crippen molar-refractivity contribution in [2.45, 2.75) is 95.7 Å². The zero-order valence-corrected chi connectivity index (χ0v) is 39.0. The number of halogens is 2. The fourth-order valence-corrected chi connectivity index (χ4v) is 10.9. The zero-order valence-electron chi connectivity index (χ0n) is 39.0. The Bertz CT molecular complexity index is 2520. The Balaban J connectivity index is 0.809.